The van der Waals surface area contributed by atoms with Gasteiger partial charge in [-0.15, -0.1) is 0 Å². The van der Waals surface area contributed by atoms with Gasteiger partial charge in [-0.1, -0.05) is 17.7 Å². The number of hydrogen-bond donors (Lipinski definition) is 1. The predicted octanol–water partition coefficient (Wildman–Crippen LogP) is 3.33. The van der Waals surface area contributed by atoms with Gasteiger partial charge in [0.25, 0.3) is 0 Å². The fourth-order valence-corrected chi connectivity index (χ4v) is 2.96. The van der Waals surface area contributed by atoms with Crippen LogP contribution in [0.5, 0.6) is 0 Å². The minimum absolute atomic E-state index is 0.0162. The summed E-state index contributed by atoms with van der Waals surface area (Å²) in [5, 5.41) is 10.3. The van der Waals surface area contributed by atoms with Gasteiger partial charge < -0.3 is 10.0 Å². The Morgan fingerprint density at radius 2 is 2.24 bits per heavy atom. The topological polar surface area (TPSA) is 23.5 Å². The van der Waals surface area contributed by atoms with E-state index in [1.807, 2.05) is 18.2 Å². The fraction of sp³-hybridized carbons (Fsp3) is 0.571. The van der Waals surface area contributed by atoms with Crippen molar-refractivity contribution in [3.8, 4) is 0 Å². The minimum Gasteiger partial charge on any atom is -0.396 e. The van der Waals surface area contributed by atoms with Crippen molar-refractivity contribution < 1.29 is 5.11 Å². The van der Waals surface area contributed by atoms with Gasteiger partial charge in [0, 0.05) is 35.3 Å². The molecule has 0 radical (unpaired) electrons. The normalized spacial score (nSPS) is 23.8. The second-order valence-corrected chi connectivity index (χ2v) is 5.74. The van der Waals surface area contributed by atoms with Crippen LogP contribution >= 0.6 is 11.6 Å². The van der Waals surface area contributed by atoms with Crippen molar-refractivity contribution in [2.45, 2.75) is 32.2 Å². The first-order valence-corrected chi connectivity index (χ1v) is 6.57. The monoisotopic (exact) mass is 253 g/mol. The van der Waals surface area contributed by atoms with E-state index >= 15 is 0 Å². The number of halogens is 1. The molecule has 1 aromatic rings. The second kappa shape index (κ2) is 4.87. The lowest BCUT2D eigenvalue weighted by Crippen LogP contribution is -2.54. The molecule has 1 aliphatic rings. The molecule has 0 bridgehead atoms. The van der Waals surface area contributed by atoms with Gasteiger partial charge in [-0.3, -0.25) is 0 Å². The first-order valence-electron chi connectivity index (χ1n) is 6.20. The van der Waals surface area contributed by atoms with Crippen molar-refractivity contribution in [2.24, 2.45) is 5.92 Å². The zero-order valence-electron chi connectivity index (χ0n) is 10.5. The van der Waals surface area contributed by atoms with Crippen molar-refractivity contribution in [1.82, 2.24) is 0 Å². The van der Waals surface area contributed by atoms with Gasteiger partial charge in [0.2, 0.25) is 0 Å². The summed E-state index contributed by atoms with van der Waals surface area (Å²) in [5.74, 6) is 0.329. The number of anilines is 1. The Hall–Kier alpha value is -0.730. The van der Waals surface area contributed by atoms with Crippen LogP contribution in [0.1, 0.15) is 26.7 Å². The molecule has 17 heavy (non-hydrogen) atoms. The molecule has 3 heteroatoms. The highest BCUT2D eigenvalue weighted by molar-refractivity contribution is 6.30. The third-order valence-corrected chi connectivity index (χ3v) is 4.20. The molecule has 1 heterocycles. The molecular formula is C14H20ClNO. The summed E-state index contributed by atoms with van der Waals surface area (Å²) >= 11 is 6.05. The molecule has 1 N–H and O–H groups in total. The molecule has 0 saturated carbocycles. The summed E-state index contributed by atoms with van der Waals surface area (Å²) in [4.78, 5) is 2.36. The van der Waals surface area contributed by atoms with Gasteiger partial charge in [-0.05, 0) is 44.9 Å². The molecule has 1 unspecified atom stereocenters. The first-order chi connectivity index (χ1) is 8.05. The van der Waals surface area contributed by atoms with E-state index in [1.54, 1.807) is 0 Å². The number of piperidine rings is 1. The number of hydrogen-bond acceptors (Lipinski definition) is 2. The molecule has 1 saturated heterocycles. The molecule has 0 amide bonds. The van der Waals surface area contributed by atoms with Gasteiger partial charge >= 0.3 is 0 Å². The van der Waals surface area contributed by atoms with Crippen LogP contribution in [-0.2, 0) is 0 Å². The van der Waals surface area contributed by atoms with Crippen LogP contribution in [0.3, 0.4) is 0 Å². The Labute approximate surface area is 108 Å². The summed E-state index contributed by atoms with van der Waals surface area (Å²) < 4.78 is 0. The molecule has 2 rings (SSSR count). The van der Waals surface area contributed by atoms with Gasteiger partial charge in [-0.2, -0.15) is 0 Å². The maximum atomic E-state index is 9.49. The average Bonchev–Trinajstić information content (AvgIpc) is 2.28. The highest BCUT2D eigenvalue weighted by Gasteiger charge is 2.38. The van der Waals surface area contributed by atoms with Gasteiger partial charge in [-0.25, -0.2) is 0 Å². The van der Waals surface area contributed by atoms with E-state index in [9.17, 15) is 5.11 Å². The van der Waals surface area contributed by atoms with Gasteiger partial charge in [0.1, 0.15) is 0 Å². The molecule has 0 spiro atoms. The zero-order chi connectivity index (χ0) is 12.5. The largest absolute Gasteiger partial charge is 0.396 e. The molecule has 1 fully saturated rings. The number of aliphatic hydroxyl groups is 1. The Morgan fingerprint density at radius 3 is 2.88 bits per heavy atom. The maximum absolute atomic E-state index is 9.49. The average molecular weight is 254 g/mol. The predicted molar refractivity (Wildman–Crippen MR) is 72.7 cm³/mol. The summed E-state index contributed by atoms with van der Waals surface area (Å²) in [6.07, 6.45) is 2.22. The first kappa shape index (κ1) is 12.7. The Morgan fingerprint density at radius 1 is 1.47 bits per heavy atom. The van der Waals surface area contributed by atoms with Crippen LogP contribution in [-0.4, -0.2) is 23.8 Å². The minimum atomic E-state index is -0.0162. The smallest absolute Gasteiger partial charge is 0.0481 e. The third-order valence-electron chi connectivity index (χ3n) is 3.97. The summed E-state index contributed by atoms with van der Waals surface area (Å²) in [6, 6.07) is 7.97. The molecular weight excluding hydrogens is 234 g/mol. The lowest BCUT2D eigenvalue weighted by molar-refractivity contribution is 0.136. The van der Waals surface area contributed by atoms with Crippen LogP contribution in [0.4, 0.5) is 5.69 Å². The number of nitrogens with zero attached hydrogens (tertiary/aromatic N) is 1. The van der Waals surface area contributed by atoms with Crippen LogP contribution in [0.25, 0.3) is 0 Å². The van der Waals surface area contributed by atoms with E-state index in [-0.39, 0.29) is 12.1 Å². The summed E-state index contributed by atoms with van der Waals surface area (Å²) in [6.45, 7) is 5.69. The zero-order valence-corrected chi connectivity index (χ0v) is 11.2. The highest BCUT2D eigenvalue weighted by atomic mass is 35.5. The number of aliphatic hydroxyl groups excluding tert-OH is 1. The standard InChI is InChI=1S/C14H20ClNO/c1-14(2)11(10-17)5-4-8-16(14)13-7-3-6-12(15)9-13/h3,6-7,9,11,17H,4-5,8,10H2,1-2H3. The van der Waals surface area contributed by atoms with E-state index < -0.39 is 0 Å². The van der Waals surface area contributed by atoms with E-state index in [4.69, 9.17) is 11.6 Å². The van der Waals surface area contributed by atoms with Crippen LogP contribution in [0, 0.1) is 5.92 Å². The fourth-order valence-electron chi connectivity index (χ4n) is 2.78. The van der Waals surface area contributed by atoms with E-state index in [0.29, 0.717) is 5.92 Å². The molecule has 1 atom stereocenters. The van der Waals surface area contributed by atoms with Crippen molar-refractivity contribution in [3.63, 3.8) is 0 Å². The van der Waals surface area contributed by atoms with Gasteiger partial charge in [0.15, 0.2) is 0 Å². The molecule has 1 aromatic carbocycles. The van der Waals surface area contributed by atoms with Crippen molar-refractivity contribution >= 4 is 17.3 Å². The lowest BCUT2D eigenvalue weighted by Gasteiger charge is -2.49. The quantitative estimate of drug-likeness (QED) is 0.874. The molecule has 0 aromatic heterocycles. The Balaban J connectivity index is 2.31. The Bertz CT molecular complexity index is 392. The van der Waals surface area contributed by atoms with Crippen LogP contribution in [0.15, 0.2) is 24.3 Å². The lowest BCUT2D eigenvalue weighted by atomic mass is 9.79. The molecule has 94 valence electrons. The SMILES string of the molecule is CC1(C)C(CO)CCCN1c1cccc(Cl)c1. The van der Waals surface area contributed by atoms with E-state index in [1.165, 1.54) is 0 Å². The van der Waals surface area contributed by atoms with Crippen molar-refractivity contribution in [1.29, 1.82) is 0 Å². The molecule has 1 aliphatic heterocycles. The summed E-state index contributed by atoms with van der Waals surface area (Å²) in [7, 11) is 0. The van der Waals surface area contributed by atoms with Crippen LogP contribution in [0.2, 0.25) is 5.02 Å². The van der Waals surface area contributed by atoms with Crippen molar-refractivity contribution in [2.75, 3.05) is 18.1 Å². The van der Waals surface area contributed by atoms with Gasteiger partial charge in [0.05, 0.1) is 0 Å². The molecule has 0 aliphatic carbocycles. The van der Waals surface area contributed by atoms with E-state index in [2.05, 4.69) is 24.8 Å². The Kier molecular flexibility index (Phi) is 3.64. The number of benzene rings is 1. The van der Waals surface area contributed by atoms with Crippen molar-refractivity contribution in [3.05, 3.63) is 29.3 Å². The van der Waals surface area contributed by atoms with E-state index in [0.717, 1.165) is 30.1 Å². The second-order valence-electron chi connectivity index (χ2n) is 5.31. The molecule has 2 nitrogen and oxygen atoms in total. The summed E-state index contributed by atoms with van der Waals surface area (Å²) in [5.41, 5.74) is 1.14. The third kappa shape index (κ3) is 2.43. The van der Waals surface area contributed by atoms with Crippen LogP contribution < -0.4 is 4.90 Å². The number of rotatable bonds is 2. The highest BCUT2D eigenvalue weighted by Crippen LogP contribution is 2.37. The maximum Gasteiger partial charge on any atom is 0.0481 e.